The number of amides is 1. The number of carbonyl (C=O) groups excluding carboxylic acids is 4. The Labute approximate surface area is 222 Å². The van der Waals surface area contributed by atoms with Gasteiger partial charge in [0.2, 0.25) is 5.91 Å². The molecule has 0 bridgehead atoms. The summed E-state index contributed by atoms with van der Waals surface area (Å²) in [5.74, 6) is -2.81. The van der Waals surface area contributed by atoms with Crippen molar-refractivity contribution in [1.29, 1.82) is 0 Å². The quantitative estimate of drug-likeness (QED) is 0.217. The minimum Gasteiger partial charge on any atom is -0.459 e. The highest BCUT2D eigenvalue weighted by molar-refractivity contribution is 6.05. The minimum atomic E-state index is -0.924. The summed E-state index contributed by atoms with van der Waals surface area (Å²) >= 11 is 0. The van der Waals surface area contributed by atoms with Crippen LogP contribution in [0.4, 0.5) is 0 Å². The Morgan fingerprint density at radius 1 is 0.816 bits per heavy atom. The lowest BCUT2D eigenvalue weighted by atomic mass is 10.0. The highest BCUT2D eigenvalue weighted by Crippen LogP contribution is 2.15. The Bertz CT molecular complexity index is 1250. The van der Waals surface area contributed by atoms with Crippen molar-refractivity contribution in [3.63, 3.8) is 0 Å². The van der Waals surface area contributed by atoms with Crippen molar-refractivity contribution in [3.05, 3.63) is 113 Å². The van der Waals surface area contributed by atoms with Crippen LogP contribution in [0.3, 0.4) is 0 Å². The molecule has 38 heavy (non-hydrogen) atoms. The number of carbonyl (C=O) groups is 4. The zero-order chi connectivity index (χ0) is 27.3. The molecule has 0 aliphatic rings. The number of hydrogen-bond donors (Lipinski definition) is 1. The second kappa shape index (κ2) is 14.3. The van der Waals surface area contributed by atoms with E-state index < -0.39 is 36.3 Å². The van der Waals surface area contributed by atoms with Crippen LogP contribution in [0.5, 0.6) is 0 Å². The molecule has 0 aromatic heterocycles. The van der Waals surface area contributed by atoms with E-state index in [1.807, 2.05) is 50.2 Å². The van der Waals surface area contributed by atoms with E-state index in [-0.39, 0.29) is 23.7 Å². The van der Waals surface area contributed by atoms with Crippen molar-refractivity contribution in [3.8, 4) is 0 Å². The SMILES string of the molecule is CC(C)C[C@H](NC(=O)/C(=C\c1ccccc1)CC(=O)OC(=O)c1ccccc1)C(=O)OCc1ccccc1. The fourth-order valence-electron chi connectivity index (χ4n) is 3.64. The third kappa shape index (κ3) is 9.17. The number of esters is 3. The molecule has 1 N–H and O–H groups in total. The summed E-state index contributed by atoms with van der Waals surface area (Å²) in [5.41, 5.74) is 1.77. The Kier molecular flexibility index (Phi) is 10.5. The summed E-state index contributed by atoms with van der Waals surface area (Å²) < 4.78 is 10.4. The smallest absolute Gasteiger partial charge is 0.345 e. The molecule has 0 heterocycles. The van der Waals surface area contributed by atoms with Gasteiger partial charge in [0.25, 0.3) is 0 Å². The summed E-state index contributed by atoms with van der Waals surface area (Å²) in [6, 6.07) is 25.4. The van der Waals surface area contributed by atoms with E-state index in [4.69, 9.17) is 9.47 Å². The van der Waals surface area contributed by atoms with Crippen LogP contribution in [0.15, 0.2) is 96.6 Å². The third-order valence-corrected chi connectivity index (χ3v) is 5.50. The monoisotopic (exact) mass is 513 g/mol. The van der Waals surface area contributed by atoms with Gasteiger partial charge in [0.15, 0.2) is 0 Å². The summed E-state index contributed by atoms with van der Waals surface area (Å²) in [6.45, 7) is 3.93. The van der Waals surface area contributed by atoms with Crippen LogP contribution in [0, 0.1) is 5.92 Å². The molecule has 7 heteroatoms. The molecule has 1 amide bonds. The maximum atomic E-state index is 13.3. The van der Waals surface area contributed by atoms with Gasteiger partial charge in [0, 0.05) is 5.57 Å². The summed E-state index contributed by atoms with van der Waals surface area (Å²) in [7, 11) is 0. The molecule has 0 saturated carbocycles. The average Bonchev–Trinajstić information content (AvgIpc) is 2.92. The van der Waals surface area contributed by atoms with Crippen LogP contribution in [0.1, 0.15) is 48.2 Å². The van der Waals surface area contributed by atoms with Crippen LogP contribution >= 0.6 is 0 Å². The summed E-state index contributed by atoms with van der Waals surface area (Å²) in [6.07, 6.45) is 1.41. The number of benzene rings is 3. The van der Waals surface area contributed by atoms with E-state index >= 15 is 0 Å². The third-order valence-electron chi connectivity index (χ3n) is 5.50. The van der Waals surface area contributed by atoms with Gasteiger partial charge in [-0.2, -0.15) is 0 Å². The highest BCUT2D eigenvalue weighted by atomic mass is 16.6. The van der Waals surface area contributed by atoms with Gasteiger partial charge in [-0.05, 0) is 41.7 Å². The Morgan fingerprint density at radius 2 is 1.39 bits per heavy atom. The number of ether oxygens (including phenoxy) is 2. The van der Waals surface area contributed by atoms with Gasteiger partial charge in [-0.1, -0.05) is 92.7 Å². The van der Waals surface area contributed by atoms with E-state index in [1.54, 1.807) is 42.5 Å². The Balaban J connectivity index is 1.74. The van der Waals surface area contributed by atoms with Gasteiger partial charge in [-0.15, -0.1) is 0 Å². The summed E-state index contributed by atoms with van der Waals surface area (Å²) in [4.78, 5) is 51.2. The topological polar surface area (TPSA) is 98.8 Å². The lowest BCUT2D eigenvalue weighted by molar-refractivity contribution is -0.149. The zero-order valence-electron chi connectivity index (χ0n) is 21.5. The molecule has 3 aromatic rings. The molecule has 7 nitrogen and oxygen atoms in total. The first-order chi connectivity index (χ1) is 18.3. The molecular formula is C31H31NO6. The molecule has 0 spiro atoms. The molecule has 0 saturated heterocycles. The van der Waals surface area contributed by atoms with Crippen molar-refractivity contribution in [2.75, 3.05) is 0 Å². The largest absolute Gasteiger partial charge is 0.459 e. The van der Waals surface area contributed by atoms with Crippen molar-refractivity contribution in [1.82, 2.24) is 5.32 Å². The molecule has 0 unspecified atom stereocenters. The first-order valence-electron chi connectivity index (χ1n) is 12.4. The van der Waals surface area contributed by atoms with E-state index in [0.717, 1.165) is 5.56 Å². The zero-order valence-corrected chi connectivity index (χ0v) is 21.5. The van der Waals surface area contributed by atoms with Gasteiger partial charge in [-0.3, -0.25) is 9.59 Å². The van der Waals surface area contributed by atoms with Crippen molar-refractivity contribution >= 4 is 29.9 Å². The van der Waals surface area contributed by atoms with Gasteiger partial charge in [0.1, 0.15) is 12.6 Å². The second-order valence-electron chi connectivity index (χ2n) is 9.13. The maximum absolute atomic E-state index is 13.3. The number of nitrogens with one attached hydrogen (secondary N) is 1. The van der Waals surface area contributed by atoms with Gasteiger partial charge >= 0.3 is 17.9 Å². The van der Waals surface area contributed by atoms with Crippen molar-refractivity contribution < 1.29 is 28.7 Å². The molecule has 0 radical (unpaired) electrons. The van der Waals surface area contributed by atoms with Gasteiger partial charge in [-0.25, -0.2) is 9.59 Å². The Hall–Kier alpha value is -4.52. The van der Waals surface area contributed by atoms with Crippen LogP contribution < -0.4 is 5.32 Å². The Morgan fingerprint density at radius 3 is 2.00 bits per heavy atom. The van der Waals surface area contributed by atoms with E-state index in [1.165, 1.54) is 18.2 Å². The predicted octanol–water partition coefficient (Wildman–Crippen LogP) is 5.12. The first kappa shape index (κ1) is 28.1. The van der Waals surface area contributed by atoms with E-state index in [9.17, 15) is 19.2 Å². The van der Waals surface area contributed by atoms with Crippen molar-refractivity contribution in [2.24, 2.45) is 5.92 Å². The fraction of sp³-hybridized carbons (Fsp3) is 0.226. The predicted molar refractivity (Wildman–Crippen MR) is 144 cm³/mol. The number of rotatable bonds is 11. The molecule has 1 atom stereocenters. The molecule has 3 aromatic carbocycles. The molecule has 0 aliphatic heterocycles. The molecule has 0 aliphatic carbocycles. The van der Waals surface area contributed by atoms with Crippen LogP contribution in [0.2, 0.25) is 0 Å². The molecule has 0 fully saturated rings. The van der Waals surface area contributed by atoms with Crippen molar-refractivity contribution in [2.45, 2.75) is 39.3 Å². The highest BCUT2D eigenvalue weighted by Gasteiger charge is 2.26. The van der Waals surface area contributed by atoms with Crippen LogP contribution in [-0.4, -0.2) is 29.9 Å². The van der Waals surface area contributed by atoms with Gasteiger partial charge in [0.05, 0.1) is 12.0 Å². The fourth-order valence-corrected chi connectivity index (χ4v) is 3.64. The second-order valence-corrected chi connectivity index (χ2v) is 9.13. The average molecular weight is 514 g/mol. The lowest BCUT2D eigenvalue weighted by Gasteiger charge is -2.20. The van der Waals surface area contributed by atoms with Gasteiger partial charge < -0.3 is 14.8 Å². The summed E-state index contributed by atoms with van der Waals surface area (Å²) in [5, 5.41) is 2.72. The minimum absolute atomic E-state index is 0.0478. The molecule has 3 rings (SSSR count). The maximum Gasteiger partial charge on any atom is 0.345 e. The first-order valence-corrected chi connectivity index (χ1v) is 12.4. The molecular weight excluding hydrogens is 482 g/mol. The van der Waals surface area contributed by atoms with E-state index in [0.29, 0.717) is 12.0 Å². The van der Waals surface area contributed by atoms with E-state index in [2.05, 4.69) is 5.32 Å². The normalized spacial score (nSPS) is 11.9. The lowest BCUT2D eigenvalue weighted by Crippen LogP contribution is -2.43. The number of hydrogen-bond acceptors (Lipinski definition) is 6. The molecule has 196 valence electrons. The standard InChI is InChI=1S/C31H31NO6/c1-22(2)18-27(31(36)37-21-24-14-8-4-9-15-24)32-29(34)26(19-23-12-6-3-7-13-23)20-28(33)38-30(35)25-16-10-5-11-17-25/h3-17,19,22,27H,18,20-21H2,1-2H3,(H,32,34)/b26-19-/t27-/m0/s1. The van der Waals surface area contributed by atoms with Crippen LogP contribution in [-0.2, 0) is 30.5 Å². The van der Waals surface area contributed by atoms with Crippen LogP contribution in [0.25, 0.3) is 6.08 Å².